The van der Waals surface area contributed by atoms with Crippen molar-refractivity contribution in [2.45, 2.75) is 26.8 Å². The maximum absolute atomic E-state index is 6.13. The smallest absolute Gasteiger partial charge is 0.315 e. The molecule has 3 heterocycles. The van der Waals surface area contributed by atoms with Gasteiger partial charge in [0.15, 0.2) is 0 Å². The van der Waals surface area contributed by atoms with Crippen molar-refractivity contribution in [3.05, 3.63) is 60.0 Å². The van der Waals surface area contributed by atoms with Gasteiger partial charge in [0.1, 0.15) is 17.5 Å². The van der Waals surface area contributed by atoms with E-state index in [1.54, 1.807) is 0 Å². The van der Waals surface area contributed by atoms with E-state index in [0.717, 1.165) is 11.3 Å². The van der Waals surface area contributed by atoms with Gasteiger partial charge in [-0.2, -0.15) is 0 Å². The first-order valence-corrected chi connectivity index (χ1v) is 9.18. The van der Waals surface area contributed by atoms with E-state index in [9.17, 15) is 0 Å². The third kappa shape index (κ3) is 1.91. The number of furan rings is 1. The van der Waals surface area contributed by atoms with E-state index >= 15 is 0 Å². The molecule has 0 fully saturated rings. The fourth-order valence-corrected chi connectivity index (χ4v) is 4.48. The molecule has 5 heteroatoms. The summed E-state index contributed by atoms with van der Waals surface area (Å²) in [5, 5.41) is 3.62. The number of hydrazine groups is 1. The van der Waals surface area contributed by atoms with Gasteiger partial charge in [0.05, 0.1) is 11.4 Å². The summed E-state index contributed by atoms with van der Waals surface area (Å²) in [6, 6.07) is 17.0. The van der Waals surface area contributed by atoms with E-state index in [1.165, 1.54) is 27.9 Å². The summed E-state index contributed by atoms with van der Waals surface area (Å²) >= 11 is 0. The number of allylic oxidation sites excluding steroid dienone is 1. The summed E-state index contributed by atoms with van der Waals surface area (Å²) in [5.41, 5.74) is 5.94. The molecule has 0 unspecified atom stereocenters. The second-order valence-electron chi connectivity index (χ2n) is 7.26. The lowest BCUT2D eigenvalue weighted by Crippen LogP contribution is -2.59. The van der Waals surface area contributed by atoms with Crippen molar-refractivity contribution >= 4 is 40.7 Å². The van der Waals surface area contributed by atoms with Gasteiger partial charge in [0, 0.05) is 18.1 Å². The van der Waals surface area contributed by atoms with E-state index in [4.69, 9.17) is 4.42 Å². The lowest BCUT2D eigenvalue weighted by atomic mass is 9.54. The normalized spacial score (nSPS) is 19.1. The van der Waals surface area contributed by atoms with Crippen LogP contribution in [0.5, 0.6) is 0 Å². The van der Waals surface area contributed by atoms with Crippen LogP contribution in [0.3, 0.4) is 0 Å². The highest BCUT2D eigenvalue weighted by atomic mass is 16.3. The molecule has 2 aliphatic heterocycles. The van der Waals surface area contributed by atoms with Crippen LogP contribution in [0.25, 0.3) is 17.0 Å². The van der Waals surface area contributed by atoms with Crippen molar-refractivity contribution in [2.75, 3.05) is 17.0 Å². The second kappa shape index (κ2) is 5.34. The van der Waals surface area contributed by atoms with Gasteiger partial charge in [0.25, 0.3) is 0 Å². The van der Waals surface area contributed by atoms with E-state index in [0.29, 0.717) is 0 Å². The van der Waals surface area contributed by atoms with Crippen LogP contribution >= 0.6 is 0 Å². The van der Waals surface area contributed by atoms with Crippen molar-refractivity contribution in [3.63, 3.8) is 0 Å². The van der Waals surface area contributed by atoms with Gasteiger partial charge in [-0.15, -0.1) is 0 Å². The van der Waals surface area contributed by atoms with Crippen molar-refractivity contribution in [1.82, 2.24) is 4.92 Å². The molecule has 5 rings (SSSR count). The Kier molecular flexibility index (Phi) is 3.17. The lowest BCUT2D eigenvalue weighted by Gasteiger charge is -2.44. The molecule has 0 bridgehead atoms. The molecule has 0 radical (unpaired) electrons. The summed E-state index contributed by atoms with van der Waals surface area (Å²) in [7, 11) is 2.16. The lowest BCUT2D eigenvalue weighted by molar-refractivity contribution is 0.438. The largest absolute Gasteiger partial charge is 0.457 e. The molecule has 0 aliphatic carbocycles. The molecule has 0 saturated carbocycles. The van der Waals surface area contributed by atoms with Crippen LogP contribution in [0.15, 0.2) is 58.6 Å². The van der Waals surface area contributed by atoms with Crippen LogP contribution < -0.4 is 15.4 Å². The number of para-hydroxylation sites is 3. The van der Waals surface area contributed by atoms with Crippen LogP contribution in [-0.4, -0.2) is 25.0 Å². The second-order valence-corrected chi connectivity index (χ2v) is 7.26. The van der Waals surface area contributed by atoms with Gasteiger partial charge in [-0.3, -0.25) is 5.01 Å². The summed E-state index contributed by atoms with van der Waals surface area (Å²) < 4.78 is 6.13. The van der Waals surface area contributed by atoms with Crippen LogP contribution in [0, 0.1) is 0 Å². The topological polar surface area (TPSA) is 22.9 Å². The number of hydrogen-bond acceptors (Lipinski definition) is 4. The molecule has 2 aliphatic rings. The monoisotopic (exact) mass is 343 g/mol. The zero-order chi connectivity index (χ0) is 18.0. The number of anilines is 2. The Hall–Kier alpha value is -2.82. The average Bonchev–Trinajstić information content (AvgIpc) is 3.12. The molecule has 4 nitrogen and oxygen atoms in total. The maximum atomic E-state index is 6.13. The summed E-state index contributed by atoms with van der Waals surface area (Å²) in [6.45, 7) is 6.88. The molecule has 0 N–H and O–H groups in total. The van der Waals surface area contributed by atoms with E-state index in [1.807, 2.05) is 6.07 Å². The molecule has 130 valence electrons. The Morgan fingerprint density at radius 1 is 1.00 bits per heavy atom. The first-order chi connectivity index (χ1) is 12.6. The highest BCUT2D eigenvalue weighted by Crippen LogP contribution is 2.41. The maximum Gasteiger partial charge on any atom is 0.315 e. The van der Waals surface area contributed by atoms with Gasteiger partial charge in [-0.1, -0.05) is 37.2 Å². The van der Waals surface area contributed by atoms with Crippen molar-refractivity contribution in [2.24, 2.45) is 0 Å². The summed E-state index contributed by atoms with van der Waals surface area (Å²) in [4.78, 5) is 4.75. The number of benzene rings is 2. The first kappa shape index (κ1) is 15.4. The predicted molar refractivity (Wildman–Crippen MR) is 110 cm³/mol. The Labute approximate surface area is 154 Å². The Morgan fingerprint density at radius 3 is 2.50 bits per heavy atom. The standard InChI is InChI=1S/C21H22BN3O/c1-14-13-20-21(16-9-5-8-12-19(16)26-20)22(3)25(14)24-15(2)23(4)17-10-6-7-11-18(17)24/h5-13,15H,1-4H3/t15-/m0/s1. The summed E-state index contributed by atoms with van der Waals surface area (Å²) in [6.07, 6.45) is 2.42. The molecular formula is C21H22BN3O. The Balaban J connectivity index is 1.67. The van der Waals surface area contributed by atoms with Gasteiger partial charge >= 0.3 is 6.85 Å². The van der Waals surface area contributed by atoms with Gasteiger partial charge in [-0.05, 0) is 43.6 Å². The van der Waals surface area contributed by atoms with Crippen molar-refractivity contribution in [1.29, 1.82) is 0 Å². The molecule has 0 spiro atoms. The molecule has 0 amide bonds. The number of hydrogen-bond donors (Lipinski definition) is 0. The van der Waals surface area contributed by atoms with Gasteiger partial charge in [-0.25, -0.2) is 0 Å². The van der Waals surface area contributed by atoms with Gasteiger partial charge in [0.2, 0.25) is 0 Å². The van der Waals surface area contributed by atoms with E-state index in [2.05, 4.69) is 91.1 Å². The molecule has 0 saturated heterocycles. The van der Waals surface area contributed by atoms with Gasteiger partial charge < -0.3 is 14.2 Å². The zero-order valence-corrected chi connectivity index (χ0v) is 15.6. The molecular weight excluding hydrogens is 321 g/mol. The van der Waals surface area contributed by atoms with Crippen LogP contribution in [0.1, 0.15) is 19.6 Å². The molecule has 3 aromatic rings. The third-order valence-electron chi connectivity index (χ3n) is 5.80. The van der Waals surface area contributed by atoms with Crippen molar-refractivity contribution in [3.8, 4) is 0 Å². The van der Waals surface area contributed by atoms with Crippen LogP contribution in [0.4, 0.5) is 11.4 Å². The van der Waals surface area contributed by atoms with E-state index in [-0.39, 0.29) is 13.0 Å². The third-order valence-corrected chi connectivity index (χ3v) is 5.80. The highest BCUT2D eigenvalue weighted by Gasteiger charge is 2.41. The highest BCUT2D eigenvalue weighted by molar-refractivity contribution is 6.73. The minimum Gasteiger partial charge on any atom is -0.457 e. The zero-order valence-electron chi connectivity index (χ0n) is 15.6. The Bertz CT molecular complexity index is 1040. The first-order valence-electron chi connectivity index (χ1n) is 9.18. The molecule has 1 aromatic heterocycles. The minimum absolute atomic E-state index is 0.195. The fourth-order valence-electron chi connectivity index (χ4n) is 4.48. The Morgan fingerprint density at radius 2 is 1.69 bits per heavy atom. The number of nitrogens with zero attached hydrogens (tertiary/aromatic N) is 3. The fraction of sp³-hybridized carbons (Fsp3) is 0.238. The number of rotatable bonds is 1. The van der Waals surface area contributed by atoms with E-state index < -0.39 is 0 Å². The summed E-state index contributed by atoms with van der Waals surface area (Å²) in [5.74, 6) is 0.987. The van der Waals surface area contributed by atoms with Crippen LogP contribution in [0.2, 0.25) is 6.82 Å². The quantitative estimate of drug-likeness (QED) is 0.619. The predicted octanol–water partition coefficient (Wildman–Crippen LogP) is 4.15. The SMILES string of the molecule is CB1c2c(oc3ccccc23)C=C(C)N1N1c2ccccc2N(C)[C@@H]1C. The minimum atomic E-state index is 0.195. The molecule has 2 aromatic carbocycles. The molecule has 1 atom stereocenters. The van der Waals surface area contributed by atoms with Crippen molar-refractivity contribution < 1.29 is 4.42 Å². The van der Waals surface area contributed by atoms with Crippen LogP contribution in [-0.2, 0) is 0 Å². The molecule has 26 heavy (non-hydrogen) atoms. The number of fused-ring (bicyclic) bond motifs is 4. The average molecular weight is 343 g/mol.